The van der Waals surface area contributed by atoms with Gasteiger partial charge in [0.15, 0.2) is 0 Å². The summed E-state index contributed by atoms with van der Waals surface area (Å²) < 4.78 is 11.1. The van der Waals surface area contributed by atoms with Gasteiger partial charge in [-0.25, -0.2) is 0 Å². The zero-order valence-electron chi connectivity index (χ0n) is 14.7. The molecular weight excluding hydrogens is 359 g/mol. The zero-order valence-corrected chi connectivity index (χ0v) is 16.4. The van der Waals surface area contributed by atoms with Gasteiger partial charge in [-0.2, -0.15) is 0 Å². The summed E-state index contributed by atoms with van der Waals surface area (Å²) in [6.45, 7) is 11.2. The van der Waals surface area contributed by atoms with Gasteiger partial charge in [-0.1, -0.05) is 0 Å². The number of hydrogen-bond donors (Lipinski definition) is 0. The average Bonchev–Trinajstić information content (AvgIpc) is 2.44. The molecule has 0 amide bonds. The first-order valence-corrected chi connectivity index (χ1v) is 9.41. The Kier molecular flexibility index (Phi) is 6.84. The second-order valence-corrected chi connectivity index (χ2v) is 9.79. The van der Waals surface area contributed by atoms with Crippen LogP contribution < -0.4 is 4.46 Å². The van der Waals surface area contributed by atoms with Crippen molar-refractivity contribution in [1.29, 1.82) is 0 Å². The Morgan fingerprint density at radius 2 is 1.70 bits per heavy atom. The van der Waals surface area contributed by atoms with E-state index in [1.54, 1.807) is 6.92 Å². The maximum absolute atomic E-state index is 12.7. The van der Waals surface area contributed by atoms with Crippen LogP contribution in [0.4, 0.5) is 0 Å². The molecule has 0 N–H and O–H groups in total. The number of esters is 2. The molecule has 0 fully saturated rings. The number of carbonyl (C=O) groups is 2. The van der Waals surface area contributed by atoms with Crippen molar-refractivity contribution >= 4 is 31.4 Å². The van der Waals surface area contributed by atoms with Gasteiger partial charge in [0.25, 0.3) is 0 Å². The standard InChI is InChI=1S/C18H26O4Se/c1-7-21-16(20)18(6,23-14-11-9-8-10-12-14)15(17(3,4)5)22-13(2)19/h8-12,15H,7H2,1-6H3/t15-,18+/m0/s1. The second-order valence-electron chi connectivity index (χ2n) is 6.60. The quantitative estimate of drug-likeness (QED) is 0.558. The van der Waals surface area contributed by atoms with Crippen molar-refractivity contribution in [1.82, 2.24) is 0 Å². The number of carbonyl (C=O) groups excluding carboxylic acids is 2. The Morgan fingerprint density at radius 1 is 1.13 bits per heavy atom. The number of rotatable bonds is 6. The van der Waals surface area contributed by atoms with Crippen LogP contribution in [0.25, 0.3) is 0 Å². The summed E-state index contributed by atoms with van der Waals surface area (Å²) in [4.78, 5) is 24.4. The Morgan fingerprint density at radius 3 is 2.13 bits per heavy atom. The van der Waals surface area contributed by atoms with Crippen LogP contribution in [-0.4, -0.2) is 39.6 Å². The third kappa shape index (κ3) is 5.36. The van der Waals surface area contributed by atoms with E-state index in [0.29, 0.717) is 6.61 Å². The fraction of sp³-hybridized carbons (Fsp3) is 0.556. The van der Waals surface area contributed by atoms with E-state index in [1.807, 2.05) is 58.0 Å². The first kappa shape index (κ1) is 19.7. The van der Waals surface area contributed by atoms with Gasteiger partial charge in [0, 0.05) is 0 Å². The monoisotopic (exact) mass is 386 g/mol. The van der Waals surface area contributed by atoms with Gasteiger partial charge in [0.2, 0.25) is 0 Å². The van der Waals surface area contributed by atoms with Crippen LogP contribution in [0.2, 0.25) is 4.31 Å². The van der Waals surface area contributed by atoms with Crippen LogP contribution in [0.1, 0.15) is 41.5 Å². The summed E-state index contributed by atoms with van der Waals surface area (Å²) in [5, 5.41) is 0. The van der Waals surface area contributed by atoms with E-state index in [2.05, 4.69) is 0 Å². The molecule has 0 aliphatic rings. The normalized spacial score (nSPS) is 15.4. The number of ether oxygens (including phenoxy) is 2. The van der Waals surface area contributed by atoms with Crippen LogP contribution in [0, 0.1) is 5.41 Å². The molecule has 0 bridgehead atoms. The van der Waals surface area contributed by atoms with Gasteiger partial charge < -0.3 is 0 Å². The van der Waals surface area contributed by atoms with E-state index in [-0.39, 0.29) is 32.3 Å². The molecule has 1 aromatic rings. The number of benzene rings is 1. The molecule has 0 aromatic heterocycles. The van der Waals surface area contributed by atoms with Gasteiger partial charge in [0.1, 0.15) is 0 Å². The van der Waals surface area contributed by atoms with E-state index in [9.17, 15) is 9.59 Å². The van der Waals surface area contributed by atoms with E-state index in [0.717, 1.165) is 4.46 Å². The van der Waals surface area contributed by atoms with Gasteiger partial charge in [-0.3, -0.25) is 0 Å². The van der Waals surface area contributed by atoms with Gasteiger partial charge in [-0.05, 0) is 0 Å². The molecule has 0 radical (unpaired) electrons. The summed E-state index contributed by atoms with van der Waals surface area (Å²) >= 11 is -0.242. The third-order valence-electron chi connectivity index (χ3n) is 3.32. The van der Waals surface area contributed by atoms with Crippen molar-refractivity contribution < 1.29 is 19.1 Å². The Bertz CT molecular complexity index is 536. The molecule has 128 valence electrons. The maximum atomic E-state index is 12.7. The molecule has 1 rings (SSSR count). The van der Waals surface area contributed by atoms with Crippen LogP contribution in [0.15, 0.2) is 30.3 Å². The molecule has 2 atom stereocenters. The van der Waals surface area contributed by atoms with Crippen molar-refractivity contribution in [3.05, 3.63) is 30.3 Å². The fourth-order valence-corrected chi connectivity index (χ4v) is 5.50. The third-order valence-corrected chi connectivity index (χ3v) is 6.08. The van der Waals surface area contributed by atoms with Crippen molar-refractivity contribution in [2.45, 2.75) is 52.0 Å². The molecule has 1 aromatic carbocycles. The molecular formula is C18H26O4Se. The first-order valence-electron chi connectivity index (χ1n) is 7.69. The minimum atomic E-state index is -0.895. The van der Waals surface area contributed by atoms with Gasteiger partial charge in [0.05, 0.1) is 0 Å². The summed E-state index contributed by atoms with van der Waals surface area (Å²) in [5.41, 5.74) is -0.385. The second kappa shape index (κ2) is 7.98. The Balaban J connectivity index is 3.29. The molecule has 23 heavy (non-hydrogen) atoms. The summed E-state index contributed by atoms with van der Waals surface area (Å²) in [6.07, 6.45) is -0.563. The predicted molar refractivity (Wildman–Crippen MR) is 91.8 cm³/mol. The summed E-state index contributed by atoms with van der Waals surface area (Å²) in [5.74, 6) is -0.700. The van der Waals surface area contributed by atoms with E-state index in [4.69, 9.17) is 9.47 Å². The SMILES string of the molecule is CCOC(=O)[C@](C)([Se]c1ccccc1)[C@@H](OC(C)=O)C(C)(C)C. The Hall–Kier alpha value is -1.32. The molecule has 0 saturated carbocycles. The van der Waals surface area contributed by atoms with Crippen LogP contribution in [0.3, 0.4) is 0 Å². The molecule has 0 unspecified atom stereocenters. The fourth-order valence-electron chi connectivity index (χ4n) is 2.49. The molecule has 0 heterocycles. The topological polar surface area (TPSA) is 52.6 Å². The molecule has 0 saturated heterocycles. The van der Waals surface area contributed by atoms with Crippen LogP contribution in [-0.2, 0) is 19.1 Å². The molecule has 0 aliphatic heterocycles. The molecule has 5 heteroatoms. The van der Waals surface area contributed by atoms with Gasteiger partial charge >= 0.3 is 145 Å². The van der Waals surface area contributed by atoms with Crippen molar-refractivity contribution in [2.75, 3.05) is 6.61 Å². The first-order chi connectivity index (χ1) is 10.6. The molecule has 4 nitrogen and oxygen atoms in total. The van der Waals surface area contributed by atoms with Crippen molar-refractivity contribution in [3.8, 4) is 0 Å². The molecule has 0 spiro atoms. The van der Waals surface area contributed by atoms with E-state index in [1.165, 1.54) is 6.92 Å². The Labute approximate surface area is 145 Å². The zero-order chi connectivity index (χ0) is 17.7. The number of hydrogen-bond acceptors (Lipinski definition) is 4. The van der Waals surface area contributed by atoms with Gasteiger partial charge in [-0.15, -0.1) is 0 Å². The van der Waals surface area contributed by atoms with Crippen molar-refractivity contribution in [2.24, 2.45) is 5.41 Å². The van der Waals surface area contributed by atoms with E-state index < -0.39 is 10.4 Å². The van der Waals surface area contributed by atoms with Crippen LogP contribution in [0.5, 0.6) is 0 Å². The van der Waals surface area contributed by atoms with Crippen LogP contribution >= 0.6 is 0 Å². The van der Waals surface area contributed by atoms with E-state index >= 15 is 0 Å². The molecule has 0 aliphatic carbocycles. The van der Waals surface area contributed by atoms with Crippen molar-refractivity contribution in [3.63, 3.8) is 0 Å². The average molecular weight is 385 g/mol. The summed E-state index contributed by atoms with van der Waals surface area (Å²) in [7, 11) is 0. The summed E-state index contributed by atoms with van der Waals surface area (Å²) in [6, 6.07) is 9.81. The predicted octanol–water partition coefficient (Wildman–Crippen LogP) is 2.74. The minimum absolute atomic E-state index is 0.242.